The van der Waals surface area contributed by atoms with Gasteiger partial charge in [0, 0.05) is 19.6 Å². The van der Waals surface area contributed by atoms with Crippen molar-refractivity contribution in [2.45, 2.75) is 6.04 Å². The fourth-order valence-electron chi connectivity index (χ4n) is 0.937. The molecule has 1 atom stereocenters. The summed E-state index contributed by atoms with van der Waals surface area (Å²) in [5.41, 5.74) is 0. The van der Waals surface area contributed by atoms with E-state index in [2.05, 4.69) is 10.6 Å². The molecule has 0 aliphatic carbocycles. The Morgan fingerprint density at radius 1 is 1.45 bits per heavy atom. The van der Waals surface area contributed by atoms with Crippen LogP contribution in [-0.2, 0) is 9.59 Å². The maximum Gasteiger partial charge on any atom is 0.213 e. The maximum absolute atomic E-state index is 10.7. The third-order valence-corrected chi connectivity index (χ3v) is 1.50. The smallest absolute Gasteiger partial charge is 0.213 e. The molecule has 4 nitrogen and oxygen atoms in total. The standard InChI is InChI=1S/C6H10N2O2.HI/c9-4-6(10)5-3-7-1-2-8-5;/h4-5,7-8H,1-3H2;1H. The van der Waals surface area contributed by atoms with Crippen molar-refractivity contribution < 1.29 is 9.59 Å². The molecule has 0 spiro atoms. The van der Waals surface area contributed by atoms with Gasteiger partial charge < -0.3 is 10.6 Å². The lowest BCUT2D eigenvalue weighted by molar-refractivity contribution is -0.131. The first-order chi connectivity index (χ1) is 4.84. The third-order valence-electron chi connectivity index (χ3n) is 1.50. The molecule has 0 aromatic heterocycles. The summed E-state index contributed by atoms with van der Waals surface area (Å²) in [6.45, 7) is 2.18. The second-order valence-electron chi connectivity index (χ2n) is 2.23. The lowest BCUT2D eigenvalue weighted by atomic mass is 10.2. The second kappa shape index (κ2) is 5.62. The zero-order valence-electron chi connectivity index (χ0n) is 6.00. The van der Waals surface area contributed by atoms with Gasteiger partial charge in [-0.2, -0.15) is 0 Å². The number of hydrogen-bond acceptors (Lipinski definition) is 4. The fraction of sp³-hybridized carbons (Fsp3) is 0.667. The molecule has 0 aromatic rings. The van der Waals surface area contributed by atoms with Crippen LogP contribution in [0.5, 0.6) is 0 Å². The van der Waals surface area contributed by atoms with Crippen LogP contribution in [0.1, 0.15) is 0 Å². The van der Waals surface area contributed by atoms with Gasteiger partial charge in [0.15, 0.2) is 6.29 Å². The van der Waals surface area contributed by atoms with Crippen molar-refractivity contribution in [3.63, 3.8) is 0 Å². The quantitative estimate of drug-likeness (QED) is 0.381. The molecule has 0 aromatic carbocycles. The summed E-state index contributed by atoms with van der Waals surface area (Å²) in [5.74, 6) is -0.368. The molecule has 5 heteroatoms. The van der Waals surface area contributed by atoms with E-state index in [0.29, 0.717) is 12.8 Å². The van der Waals surface area contributed by atoms with Crippen molar-refractivity contribution in [3.05, 3.63) is 0 Å². The molecule has 1 aliphatic rings. The number of Topliss-reactive ketones (excluding diaryl/α,β-unsaturated/α-hetero) is 1. The lowest BCUT2D eigenvalue weighted by Gasteiger charge is -2.20. The van der Waals surface area contributed by atoms with Crippen LogP contribution in [0.25, 0.3) is 0 Å². The summed E-state index contributed by atoms with van der Waals surface area (Å²) in [7, 11) is 0. The van der Waals surface area contributed by atoms with E-state index in [9.17, 15) is 9.59 Å². The number of carbonyl (C=O) groups excluding carboxylic acids is 2. The highest BCUT2D eigenvalue weighted by Crippen LogP contribution is 1.85. The Bertz CT molecular complexity index is 146. The Labute approximate surface area is 82.1 Å². The summed E-state index contributed by atoms with van der Waals surface area (Å²) in [5, 5.41) is 5.93. The van der Waals surface area contributed by atoms with Gasteiger partial charge in [-0.05, 0) is 0 Å². The van der Waals surface area contributed by atoms with Gasteiger partial charge >= 0.3 is 0 Å². The van der Waals surface area contributed by atoms with Gasteiger partial charge in [-0.1, -0.05) is 0 Å². The van der Waals surface area contributed by atoms with E-state index in [0.717, 1.165) is 13.1 Å². The summed E-state index contributed by atoms with van der Waals surface area (Å²) in [6, 6.07) is -0.300. The molecule has 1 heterocycles. The number of ketones is 1. The average Bonchev–Trinajstić information content (AvgIpc) is 2.05. The van der Waals surface area contributed by atoms with Gasteiger partial charge in [-0.25, -0.2) is 0 Å². The molecule has 0 amide bonds. The summed E-state index contributed by atoms with van der Waals surface area (Å²) in [6.07, 6.45) is 0.366. The number of halogens is 1. The first-order valence-corrected chi connectivity index (χ1v) is 3.27. The Balaban J connectivity index is 0.000001000. The Morgan fingerprint density at radius 3 is 2.64 bits per heavy atom. The molecular formula is C6H11IN2O2. The van der Waals surface area contributed by atoms with Crippen LogP contribution < -0.4 is 10.6 Å². The third kappa shape index (κ3) is 3.26. The topological polar surface area (TPSA) is 58.2 Å². The largest absolute Gasteiger partial charge is 0.313 e. The van der Waals surface area contributed by atoms with Crippen molar-refractivity contribution >= 4 is 36.0 Å². The predicted octanol–water partition coefficient (Wildman–Crippen LogP) is -1.07. The van der Waals surface area contributed by atoms with E-state index in [1.165, 1.54) is 0 Å². The van der Waals surface area contributed by atoms with Crippen molar-refractivity contribution in [2.24, 2.45) is 0 Å². The molecule has 0 saturated carbocycles. The fourth-order valence-corrected chi connectivity index (χ4v) is 0.937. The molecular weight excluding hydrogens is 259 g/mol. The van der Waals surface area contributed by atoms with E-state index < -0.39 is 0 Å². The Morgan fingerprint density at radius 2 is 2.18 bits per heavy atom. The Hall–Kier alpha value is -0.0100. The highest BCUT2D eigenvalue weighted by molar-refractivity contribution is 14.0. The minimum atomic E-state index is -0.368. The van der Waals surface area contributed by atoms with Gasteiger partial charge in [0.1, 0.15) is 0 Å². The molecule has 1 aliphatic heterocycles. The maximum atomic E-state index is 10.7. The van der Waals surface area contributed by atoms with Gasteiger partial charge in [-0.15, -0.1) is 24.0 Å². The monoisotopic (exact) mass is 270 g/mol. The lowest BCUT2D eigenvalue weighted by Crippen LogP contribution is -2.52. The van der Waals surface area contributed by atoms with Crippen LogP contribution in [0.3, 0.4) is 0 Å². The molecule has 11 heavy (non-hydrogen) atoms. The predicted molar refractivity (Wildman–Crippen MR) is 51.1 cm³/mol. The molecule has 1 unspecified atom stereocenters. The first-order valence-electron chi connectivity index (χ1n) is 3.27. The van der Waals surface area contributed by atoms with E-state index in [1.54, 1.807) is 0 Å². The Kier molecular flexibility index (Phi) is 5.61. The molecule has 1 fully saturated rings. The van der Waals surface area contributed by atoms with Crippen LogP contribution in [0.4, 0.5) is 0 Å². The van der Waals surface area contributed by atoms with Crippen LogP contribution in [0.2, 0.25) is 0 Å². The van der Waals surface area contributed by atoms with Crippen LogP contribution in [-0.4, -0.2) is 37.7 Å². The second-order valence-corrected chi connectivity index (χ2v) is 2.23. The zero-order chi connectivity index (χ0) is 7.40. The van der Waals surface area contributed by atoms with Crippen molar-refractivity contribution in [3.8, 4) is 0 Å². The molecule has 1 saturated heterocycles. The average molecular weight is 270 g/mol. The number of hydrogen-bond donors (Lipinski definition) is 2. The van der Waals surface area contributed by atoms with Crippen LogP contribution in [0.15, 0.2) is 0 Å². The number of nitrogens with one attached hydrogen (secondary N) is 2. The van der Waals surface area contributed by atoms with Crippen molar-refractivity contribution in [1.29, 1.82) is 0 Å². The van der Waals surface area contributed by atoms with Gasteiger partial charge in [0.2, 0.25) is 5.78 Å². The van der Waals surface area contributed by atoms with Gasteiger partial charge in [-0.3, -0.25) is 9.59 Å². The zero-order valence-corrected chi connectivity index (χ0v) is 8.33. The number of aldehydes is 1. The van der Waals surface area contributed by atoms with E-state index in [-0.39, 0.29) is 35.8 Å². The van der Waals surface area contributed by atoms with Crippen molar-refractivity contribution in [2.75, 3.05) is 19.6 Å². The minimum absolute atomic E-state index is 0. The number of piperazine rings is 1. The van der Waals surface area contributed by atoms with Gasteiger partial charge in [0.05, 0.1) is 6.04 Å². The van der Waals surface area contributed by atoms with E-state index in [1.807, 2.05) is 0 Å². The highest BCUT2D eigenvalue weighted by atomic mass is 127. The van der Waals surface area contributed by atoms with E-state index >= 15 is 0 Å². The first kappa shape index (κ1) is 11.0. The van der Waals surface area contributed by atoms with Crippen molar-refractivity contribution in [1.82, 2.24) is 10.6 Å². The number of carbonyl (C=O) groups is 2. The number of rotatable bonds is 2. The normalized spacial score (nSPS) is 23.5. The summed E-state index contributed by atoms with van der Waals surface area (Å²) >= 11 is 0. The highest BCUT2D eigenvalue weighted by Gasteiger charge is 2.18. The van der Waals surface area contributed by atoms with E-state index in [4.69, 9.17) is 0 Å². The molecule has 0 radical (unpaired) electrons. The molecule has 64 valence electrons. The molecule has 2 N–H and O–H groups in total. The molecule has 1 rings (SSSR count). The molecule has 0 bridgehead atoms. The summed E-state index contributed by atoms with van der Waals surface area (Å²) in [4.78, 5) is 20.7. The van der Waals surface area contributed by atoms with Crippen LogP contribution in [0, 0.1) is 0 Å². The summed E-state index contributed by atoms with van der Waals surface area (Å²) < 4.78 is 0. The SMILES string of the molecule is I.O=CC(=O)C1CNCCN1. The van der Waals surface area contributed by atoms with Gasteiger partial charge in [0.25, 0.3) is 0 Å². The van der Waals surface area contributed by atoms with Crippen LogP contribution >= 0.6 is 24.0 Å². The minimum Gasteiger partial charge on any atom is -0.313 e.